The third-order valence-corrected chi connectivity index (χ3v) is 4.64. The lowest BCUT2D eigenvalue weighted by Crippen LogP contribution is -2.09. The molecule has 0 aliphatic carbocycles. The van der Waals surface area contributed by atoms with Crippen molar-refractivity contribution in [1.82, 2.24) is 0 Å². The zero-order valence-corrected chi connectivity index (χ0v) is 15.8. The van der Waals surface area contributed by atoms with E-state index in [1.165, 1.54) is 11.1 Å². The SMILES string of the molecule is CC#Cc1ccc(-c2ccc(N(c3ccccc3)c3ccccc3)cc2)cc1. The minimum Gasteiger partial charge on any atom is -0.311 e. The summed E-state index contributed by atoms with van der Waals surface area (Å²) < 4.78 is 0. The second-order valence-corrected chi connectivity index (χ2v) is 6.51. The number of hydrogen-bond donors (Lipinski definition) is 0. The molecule has 0 aliphatic rings. The standard InChI is InChI=1S/C27H21N/c1-2-9-22-14-16-23(17-15-22)24-18-20-27(21-19-24)28(25-10-5-3-6-11-25)26-12-7-4-8-13-26/h3-8,10-21H,1H3. The Bertz CT molecular complexity index is 1040. The summed E-state index contributed by atoms with van der Waals surface area (Å²) in [6, 6.07) is 38.0. The highest BCUT2D eigenvalue weighted by Crippen LogP contribution is 2.35. The summed E-state index contributed by atoms with van der Waals surface area (Å²) in [7, 11) is 0. The maximum Gasteiger partial charge on any atom is 0.0462 e. The molecule has 0 spiro atoms. The molecular formula is C27H21N. The van der Waals surface area contributed by atoms with Crippen molar-refractivity contribution in [3.63, 3.8) is 0 Å². The van der Waals surface area contributed by atoms with Crippen molar-refractivity contribution in [2.24, 2.45) is 0 Å². The van der Waals surface area contributed by atoms with Gasteiger partial charge in [0.15, 0.2) is 0 Å². The van der Waals surface area contributed by atoms with E-state index in [0.717, 1.165) is 22.6 Å². The Labute approximate surface area is 166 Å². The van der Waals surface area contributed by atoms with E-state index in [-0.39, 0.29) is 0 Å². The van der Waals surface area contributed by atoms with Crippen molar-refractivity contribution in [2.75, 3.05) is 4.90 Å². The van der Waals surface area contributed by atoms with Crippen LogP contribution in [-0.4, -0.2) is 0 Å². The maximum absolute atomic E-state index is 3.09. The fourth-order valence-electron chi connectivity index (χ4n) is 3.29. The van der Waals surface area contributed by atoms with Gasteiger partial charge in [0.2, 0.25) is 0 Å². The summed E-state index contributed by atoms with van der Waals surface area (Å²) in [5.74, 6) is 6.03. The molecule has 1 heteroatoms. The first-order valence-electron chi connectivity index (χ1n) is 9.38. The van der Waals surface area contributed by atoms with Gasteiger partial charge in [0, 0.05) is 22.6 Å². The van der Waals surface area contributed by atoms with Gasteiger partial charge in [0.1, 0.15) is 0 Å². The van der Waals surface area contributed by atoms with Crippen LogP contribution in [0.15, 0.2) is 109 Å². The van der Waals surface area contributed by atoms with Crippen LogP contribution >= 0.6 is 0 Å². The smallest absolute Gasteiger partial charge is 0.0462 e. The normalized spacial score (nSPS) is 10.0. The van der Waals surface area contributed by atoms with E-state index in [1.807, 2.05) is 19.1 Å². The molecule has 0 aromatic heterocycles. The number of nitrogens with zero attached hydrogens (tertiary/aromatic N) is 1. The topological polar surface area (TPSA) is 3.24 Å². The van der Waals surface area contributed by atoms with Crippen molar-refractivity contribution >= 4 is 17.1 Å². The highest BCUT2D eigenvalue weighted by atomic mass is 15.1. The van der Waals surface area contributed by atoms with Crippen LogP contribution in [0.4, 0.5) is 17.1 Å². The van der Waals surface area contributed by atoms with Crippen molar-refractivity contribution < 1.29 is 0 Å². The lowest BCUT2D eigenvalue weighted by atomic mass is 10.0. The van der Waals surface area contributed by atoms with Gasteiger partial charge in [-0.25, -0.2) is 0 Å². The number of hydrogen-bond acceptors (Lipinski definition) is 1. The number of benzene rings is 4. The fourth-order valence-corrected chi connectivity index (χ4v) is 3.29. The molecule has 0 fully saturated rings. The Kier molecular flexibility index (Phi) is 5.22. The minimum absolute atomic E-state index is 1.04. The lowest BCUT2D eigenvalue weighted by Gasteiger charge is -2.25. The van der Waals surface area contributed by atoms with Crippen molar-refractivity contribution in [3.05, 3.63) is 115 Å². The summed E-state index contributed by atoms with van der Waals surface area (Å²) in [5, 5.41) is 0. The van der Waals surface area contributed by atoms with Gasteiger partial charge in [-0.1, -0.05) is 66.6 Å². The van der Waals surface area contributed by atoms with E-state index in [1.54, 1.807) is 0 Å². The molecule has 0 saturated heterocycles. The van der Waals surface area contributed by atoms with Gasteiger partial charge in [-0.15, -0.1) is 5.92 Å². The molecule has 0 heterocycles. The summed E-state index contributed by atoms with van der Waals surface area (Å²) in [5.41, 5.74) is 6.85. The average molecular weight is 359 g/mol. The average Bonchev–Trinajstić information content (AvgIpc) is 2.77. The molecule has 0 bridgehead atoms. The fraction of sp³-hybridized carbons (Fsp3) is 0.0370. The Balaban J connectivity index is 1.69. The molecule has 134 valence electrons. The van der Waals surface area contributed by atoms with E-state index in [0.29, 0.717) is 0 Å². The van der Waals surface area contributed by atoms with Crippen LogP contribution in [0.1, 0.15) is 12.5 Å². The molecule has 0 atom stereocenters. The Hall–Kier alpha value is -3.76. The molecule has 0 amide bonds. The van der Waals surface area contributed by atoms with Gasteiger partial charge < -0.3 is 4.90 Å². The third kappa shape index (κ3) is 3.82. The molecule has 0 radical (unpaired) electrons. The third-order valence-electron chi connectivity index (χ3n) is 4.64. The van der Waals surface area contributed by atoms with E-state index >= 15 is 0 Å². The Morgan fingerprint density at radius 1 is 0.500 bits per heavy atom. The van der Waals surface area contributed by atoms with E-state index in [2.05, 4.69) is 114 Å². The number of rotatable bonds is 4. The maximum atomic E-state index is 3.09. The van der Waals surface area contributed by atoms with Crippen molar-refractivity contribution in [3.8, 4) is 23.0 Å². The molecule has 28 heavy (non-hydrogen) atoms. The quantitative estimate of drug-likeness (QED) is 0.348. The largest absolute Gasteiger partial charge is 0.311 e. The second kappa shape index (κ2) is 8.29. The molecule has 0 N–H and O–H groups in total. The van der Waals surface area contributed by atoms with E-state index < -0.39 is 0 Å². The van der Waals surface area contributed by atoms with Crippen LogP contribution in [-0.2, 0) is 0 Å². The Morgan fingerprint density at radius 2 is 0.929 bits per heavy atom. The molecule has 4 aromatic rings. The van der Waals surface area contributed by atoms with Gasteiger partial charge in [-0.2, -0.15) is 0 Å². The summed E-state index contributed by atoms with van der Waals surface area (Å²) in [6.45, 7) is 1.86. The predicted octanol–water partition coefficient (Wildman–Crippen LogP) is 7.19. The molecule has 4 aromatic carbocycles. The van der Waals surface area contributed by atoms with Gasteiger partial charge >= 0.3 is 0 Å². The lowest BCUT2D eigenvalue weighted by molar-refractivity contribution is 1.28. The molecule has 4 rings (SSSR count). The molecular weight excluding hydrogens is 338 g/mol. The van der Waals surface area contributed by atoms with Crippen LogP contribution in [0.25, 0.3) is 11.1 Å². The Morgan fingerprint density at radius 3 is 1.39 bits per heavy atom. The first kappa shape index (κ1) is 17.6. The molecule has 1 nitrogen and oxygen atoms in total. The van der Waals surface area contributed by atoms with Crippen molar-refractivity contribution in [1.29, 1.82) is 0 Å². The summed E-state index contributed by atoms with van der Waals surface area (Å²) in [4.78, 5) is 2.27. The van der Waals surface area contributed by atoms with Crippen LogP contribution in [0, 0.1) is 11.8 Å². The highest BCUT2D eigenvalue weighted by Gasteiger charge is 2.11. The first-order chi connectivity index (χ1) is 13.8. The summed E-state index contributed by atoms with van der Waals surface area (Å²) >= 11 is 0. The van der Waals surface area contributed by atoms with Crippen LogP contribution < -0.4 is 4.90 Å². The van der Waals surface area contributed by atoms with E-state index in [4.69, 9.17) is 0 Å². The summed E-state index contributed by atoms with van der Waals surface area (Å²) in [6.07, 6.45) is 0. The molecule has 0 aliphatic heterocycles. The van der Waals surface area contributed by atoms with Crippen LogP contribution in [0.2, 0.25) is 0 Å². The highest BCUT2D eigenvalue weighted by molar-refractivity contribution is 5.78. The zero-order chi connectivity index (χ0) is 19.2. The first-order valence-corrected chi connectivity index (χ1v) is 9.38. The number of anilines is 3. The molecule has 0 saturated carbocycles. The second-order valence-electron chi connectivity index (χ2n) is 6.51. The zero-order valence-electron chi connectivity index (χ0n) is 15.8. The van der Waals surface area contributed by atoms with Gasteiger partial charge in [-0.3, -0.25) is 0 Å². The van der Waals surface area contributed by atoms with Crippen LogP contribution in [0.3, 0.4) is 0 Å². The number of para-hydroxylation sites is 2. The van der Waals surface area contributed by atoms with Gasteiger partial charge in [-0.05, 0) is 66.6 Å². The van der Waals surface area contributed by atoms with Crippen molar-refractivity contribution in [2.45, 2.75) is 6.92 Å². The van der Waals surface area contributed by atoms with Gasteiger partial charge in [0.05, 0.1) is 0 Å². The molecule has 0 unspecified atom stereocenters. The predicted molar refractivity (Wildman–Crippen MR) is 119 cm³/mol. The van der Waals surface area contributed by atoms with E-state index in [9.17, 15) is 0 Å². The van der Waals surface area contributed by atoms with Crippen LogP contribution in [0.5, 0.6) is 0 Å². The minimum atomic E-state index is 1.04. The van der Waals surface area contributed by atoms with Gasteiger partial charge in [0.25, 0.3) is 0 Å². The monoisotopic (exact) mass is 359 g/mol.